The molecule has 160 valence electrons. The minimum absolute atomic E-state index is 0.200. The summed E-state index contributed by atoms with van der Waals surface area (Å²) in [6.07, 6.45) is 7.91. The standard InChI is InChI=1S/C28H36O2/c1-19(2)16-23-18-25-24(27(3,4)14-15-28(25,5)6)17-22(23)13-10-20-8-11-21(12-9-20)26(29)30-7/h8-13,17-19H,14-16H2,1-7H3. The summed E-state index contributed by atoms with van der Waals surface area (Å²) in [5, 5.41) is 0. The SMILES string of the molecule is COC(=O)c1ccc(C=Cc2cc3c(cc2CC(C)C)C(C)(C)CCC3(C)C)cc1. The fraction of sp³-hybridized carbons (Fsp3) is 0.464. The molecule has 2 heteroatoms. The van der Waals surface area contributed by atoms with Crippen molar-refractivity contribution in [3.63, 3.8) is 0 Å². The lowest BCUT2D eigenvalue weighted by Gasteiger charge is -2.42. The lowest BCUT2D eigenvalue weighted by molar-refractivity contribution is 0.0600. The van der Waals surface area contributed by atoms with Crippen LogP contribution < -0.4 is 0 Å². The van der Waals surface area contributed by atoms with Crippen LogP contribution in [0, 0.1) is 5.92 Å². The molecular formula is C28H36O2. The predicted octanol–water partition coefficient (Wildman–Crippen LogP) is 7.19. The minimum Gasteiger partial charge on any atom is -0.465 e. The number of benzene rings is 2. The maximum Gasteiger partial charge on any atom is 0.337 e. The molecule has 0 N–H and O–H groups in total. The molecule has 3 rings (SSSR count). The van der Waals surface area contributed by atoms with Crippen LogP contribution >= 0.6 is 0 Å². The number of hydrogen-bond acceptors (Lipinski definition) is 2. The Morgan fingerprint density at radius 1 is 0.967 bits per heavy atom. The first-order chi connectivity index (χ1) is 14.0. The minimum atomic E-state index is -0.302. The highest BCUT2D eigenvalue weighted by atomic mass is 16.5. The maximum atomic E-state index is 11.7. The highest BCUT2D eigenvalue weighted by Crippen LogP contribution is 2.47. The lowest BCUT2D eigenvalue weighted by Crippen LogP contribution is -2.34. The Bertz CT molecular complexity index is 943. The fourth-order valence-electron chi connectivity index (χ4n) is 4.48. The molecule has 30 heavy (non-hydrogen) atoms. The third-order valence-electron chi connectivity index (χ3n) is 6.53. The molecule has 2 nitrogen and oxygen atoms in total. The van der Waals surface area contributed by atoms with Crippen LogP contribution in [0.1, 0.15) is 92.6 Å². The molecule has 2 aromatic rings. The monoisotopic (exact) mass is 404 g/mol. The topological polar surface area (TPSA) is 26.3 Å². The number of hydrogen-bond donors (Lipinski definition) is 0. The summed E-state index contributed by atoms with van der Waals surface area (Å²) in [6, 6.07) is 12.5. The summed E-state index contributed by atoms with van der Waals surface area (Å²) in [4.78, 5) is 11.7. The number of carbonyl (C=O) groups is 1. The van der Waals surface area contributed by atoms with Crippen LogP contribution in [-0.2, 0) is 22.0 Å². The molecule has 0 amide bonds. The molecular weight excluding hydrogens is 368 g/mol. The lowest BCUT2D eigenvalue weighted by atomic mass is 9.62. The van der Waals surface area contributed by atoms with E-state index in [4.69, 9.17) is 4.74 Å². The van der Waals surface area contributed by atoms with Crippen LogP contribution in [0.2, 0.25) is 0 Å². The van der Waals surface area contributed by atoms with Gasteiger partial charge in [-0.15, -0.1) is 0 Å². The zero-order chi connectivity index (χ0) is 22.1. The Kier molecular flexibility index (Phi) is 6.26. The molecule has 1 aliphatic rings. The second kappa shape index (κ2) is 8.41. The zero-order valence-corrected chi connectivity index (χ0v) is 19.6. The number of fused-ring (bicyclic) bond motifs is 1. The van der Waals surface area contributed by atoms with Crippen LogP contribution in [0.25, 0.3) is 12.2 Å². The molecule has 0 aliphatic heterocycles. The van der Waals surface area contributed by atoms with Crippen molar-refractivity contribution in [1.29, 1.82) is 0 Å². The zero-order valence-electron chi connectivity index (χ0n) is 19.6. The van der Waals surface area contributed by atoms with E-state index in [1.165, 1.54) is 42.2 Å². The number of rotatable bonds is 5. The first-order valence-corrected chi connectivity index (χ1v) is 11.1. The van der Waals surface area contributed by atoms with Gasteiger partial charge < -0.3 is 4.74 Å². The van der Waals surface area contributed by atoms with Crippen LogP contribution in [0.15, 0.2) is 36.4 Å². The predicted molar refractivity (Wildman–Crippen MR) is 127 cm³/mol. The Morgan fingerprint density at radius 3 is 2.07 bits per heavy atom. The average molecular weight is 405 g/mol. The van der Waals surface area contributed by atoms with Gasteiger partial charge in [-0.3, -0.25) is 0 Å². The molecule has 0 radical (unpaired) electrons. The molecule has 0 saturated carbocycles. The van der Waals surface area contributed by atoms with E-state index in [0.717, 1.165) is 12.0 Å². The van der Waals surface area contributed by atoms with Crippen molar-refractivity contribution in [2.24, 2.45) is 5.92 Å². The summed E-state index contributed by atoms with van der Waals surface area (Å²) in [5.41, 5.74) is 7.83. The molecule has 0 fully saturated rings. The van der Waals surface area contributed by atoms with E-state index in [0.29, 0.717) is 11.5 Å². The van der Waals surface area contributed by atoms with Gasteiger partial charge in [-0.25, -0.2) is 4.79 Å². The van der Waals surface area contributed by atoms with Crippen LogP contribution in [0.3, 0.4) is 0 Å². The molecule has 0 aromatic heterocycles. The van der Waals surface area contributed by atoms with Gasteiger partial charge >= 0.3 is 5.97 Å². The Labute approximate surface area is 182 Å². The molecule has 0 bridgehead atoms. The van der Waals surface area contributed by atoms with E-state index in [9.17, 15) is 4.79 Å². The van der Waals surface area contributed by atoms with Gasteiger partial charge in [0.2, 0.25) is 0 Å². The second-order valence-corrected chi connectivity index (χ2v) is 10.4. The van der Waals surface area contributed by atoms with E-state index in [-0.39, 0.29) is 16.8 Å². The number of esters is 1. The van der Waals surface area contributed by atoms with E-state index >= 15 is 0 Å². The number of methoxy groups -OCH3 is 1. The normalized spacial score (nSPS) is 17.2. The summed E-state index contributed by atoms with van der Waals surface area (Å²) < 4.78 is 4.79. The molecule has 0 atom stereocenters. The van der Waals surface area contributed by atoms with Gasteiger partial charge in [0.1, 0.15) is 0 Å². The average Bonchev–Trinajstić information content (AvgIpc) is 2.69. The second-order valence-electron chi connectivity index (χ2n) is 10.4. The van der Waals surface area contributed by atoms with Crippen LogP contribution in [0.4, 0.5) is 0 Å². The third kappa shape index (κ3) is 4.69. The molecule has 0 heterocycles. The van der Waals surface area contributed by atoms with E-state index in [1.807, 2.05) is 24.3 Å². The molecule has 1 aliphatic carbocycles. The van der Waals surface area contributed by atoms with Crippen molar-refractivity contribution in [3.05, 3.63) is 69.8 Å². The van der Waals surface area contributed by atoms with Gasteiger partial charge in [0.15, 0.2) is 0 Å². The first kappa shape index (κ1) is 22.3. The van der Waals surface area contributed by atoms with Crippen molar-refractivity contribution in [3.8, 4) is 0 Å². The van der Waals surface area contributed by atoms with E-state index in [2.05, 4.69) is 65.8 Å². The van der Waals surface area contributed by atoms with Crippen molar-refractivity contribution in [1.82, 2.24) is 0 Å². The largest absolute Gasteiger partial charge is 0.465 e. The summed E-state index contributed by atoms with van der Waals surface area (Å²) in [6.45, 7) is 14.1. The van der Waals surface area contributed by atoms with Gasteiger partial charge in [-0.2, -0.15) is 0 Å². The molecule has 0 unspecified atom stereocenters. The smallest absolute Gasteiger partial charge is 0.337 e. The number of ether oxygens (including phenoxy) is 1. The number of carbonyl (C=O) groups excluding carboxylic acids is 1. The van der Waals surface area contributed by atoms with Crippen LogP contribution in [-0.4, -0.2) is 13.1 Å². The first-order valence-electron chi connectivity index (χ1n) is 11.1. The van der Waals surface area contributed by atoms with E-state index in [1.54, 1.807) is 0 Å². The highest BCUT2D eigenvalue weighted by molar-refractivity contribution is 5.89. The summed E-state index contributed by atoms with van der Waals surface area (Å²) in [7, 11) is 1.41. The maximum absolute atomic E-state index is 11.7. The van der Waals surface area contributed by atoms with Crippen molar-refractivity contribution in [2.75, 3.05) is 7.11 Å². The fourth-order valence-corrected chi connectivity index (χ4v) is 4.48. The van der Waals surface area contributed by atoms with Gasteiger partial charge in [0.25, 0.3) is 0 Å². The summed E-state index contributed by atoms with van der Waals surface area (Å²) >= 11 is 0. The van der Waals surface area contributed by atoms with Crippen molar-refractivity contribution in [2.45, 2.75) is 71.6 Å². The van der Waals surface area contributed by atoms with Gasteiger partial charge in [-0.05, 0) is 76.0 Å². The van der Waals surface area contributed by atoms with Gasteiger partial charge in [0, 0.05) is 0 Å². The quantitative estimate of drug-likeness (QED) is 0.389. The molecule has 0 spiro atoms. The van der Waals surface area contributed by atoms with Crippen molar-refractivity contribution < 1.29 is 9.53 Å². The van der Waals surface area contributed by atoms with Gasteiger partial charge in [0.05, 0.1) is 12.7 Å². The Hall–Kier alpha value is -2.35. The van der Waals surface area contributed by atoms with E-state index < -0.39 is 0 Å². The molecule has 0 saturated heterocycles. The highest BCUT2D eigenvalue weighted by Gasteiger charge is 2.37. The Balaban J connectivity index is 2.02. The Morgan fingerprint density at radius 2 is 1.53 bits per heavy atom. The van der Waals surface area contributed by atoms with Crippen molar-refractivity contribution >= 4 is 18.1 Å². The summed E-state index contributed by atoms with van der Waals surface area (Å²) in [5.74, 6) is 0.304. The van der Waals surface area contributed by atoms with Gasteiger partial charge in [-0.1, -0.05) is 78.0 Å². The molecule has 2 aromatic carbocycles. The van der Waals surface area contributed by atoms with Crippen LogP contribution in [0.5, 0.6) is 0 Å². The third-order valence-corrected chi connectivity index (χ3v) is 6.53.